The van der Waals surface area contributed by atoms with Gasteiger partial charge in [-0.2, -0.15) is 5.26 Å². The first-order valence-corrected chi connectivity index (χ1v) is 6.64. The highest BCUT2D eigenvalue weighted by Crippen LogP contribution is 2.35. The Morgan fingerprint density at radius 3 is 2.80 bits per heavy atom. The van der Waals surface area contributed by atoms with Crippen molar-refractivity contribution in [1.29, 1.82) is 5.26 Å². The molecule has 20 heavy (non-hydrogen) atoms. The van der Waals surface area contributed by atoms with Gasteiger partial charge in [0.05, 0.1) is 17.4 Å². The predicted octanol–water partition coefficient (Wildman–Crippen LogP) is 3.16. The van der Waals surface area contributed by atoms with Crippen molar-refractivity contribution in [2.24, 2.45) is 0 Å². The number of rotatable bonds is 7. The van der Waals surface area contributed by atoms with Gasteiger partial charge in [0, 0.05) is 19.6 Å². The zero-order valence-electron chi connectivity index (χ0n) is 12.1. The van der Waals surface area contributed by atoms with Gasteiger partial charge in [-0.1, -0.05) is 13.0 Å². The summed E-state index contributed by atoms with van der Waals surface area (Å²) in [5.41, 5.74) is 1.11. The van der Waals surface area contributed by atoms with Gasteiger partial charge in [0.25, 0.3) is 0 Å². The number of nitriles is 1. The lowest BCUT2D eigenvalue weighted by Crippen LogP contribution is -2.29. The second-order valence-electron chi connectivity index (χ2n) is 4.68. The summed E-state index contributed by atoms with van der Waals surface area (Å²) in [4.78, 5) is 12.8. The summed E-state index contributed by atoms with van der Waals surface area (Å²) in [6.07, 6.45) is 1.21. The maximum Gasteiger partial charge on any atom is 0.315 e. The Hall–Kier alpha value is -2.29. The Morgan fingerprint density at radius 2 is 2.25 bits per heavy atom. The normalized spacial score (nSPS) is 11.5. The van der Waals surface area contributed by atoms with E-state index in [4.69, 9.17) is 5.26 Å². The third kappa shape index (κ3) is 3.60. The second kappa shape index (κ2) is 7.34. The van der Waals surface area contributed by atoms with Crippen molar-refractivity contribution in [2.75, 3.05) is 23.8 Å². The van der Waals surface area contributed by atoms with Crippen LogP contribution in [0.2, 0.25) is 0 Å². The first-order chi connectivity index (χ1) is 9.52. The quantitative estimate of drug-likeness (QED) is 0.611. The summed E-state index contributed by atoms with van der Waals surface area (Å²) in [5, 5.41) is 23.2. The number of benzene rings is 1. The lowest BCUT2D eigenvalue weighted by Gasteiger charge is -2.25. The van der Waals surface area contributed by atoms with Crippen LogP contribution in [0.15, 0.2) is 18.2 Å². The van der Waals surface area contributed by atoms with Gasteiger partial charge in [0.15, 0.2) is 0 Å². The van der Waals surface area contributed by atoms with E-state index in [1.807, 2.05) is 13.8 Å². The van der Waals surface area contributed by atoms with E-state index in [-0.39, 0.29) is 16.7 Å². The third-order valence-corrected chi connectivity index (χ3v) is 3.19. The van der Waals surface area contributed by atoms with Crippen LogP contribution in [0, 0.1) is 21.4 Å². The number of nitro groups is 1. The molecule has 0 spiro atoms. The topological polar surface area (TPSA) is 82.2 Å². The van der Waals surface area contributed by atoms with E-state index >= 15 is 0 Å². The molecule has 0 saturated carbocycles. The Balaban J connectivity index is 3.18. The van der Waals surface area contributed by atoms with Crippen molar-refractivity contribution in [3.8, 4) is 6.07 Å². The highest BCUT2D eigenvalue weighted by Gasteiger charge is 2.24. The molecule has 0 aliphatic rings. The van der Waals surface area contributed by atoms with Gasteiger partial charge in [-0.25, -0.2) is 0 Å². The molecular weight excluding hydrogens is 256 g/mol. The molecule has 1 rings (SSSR count). The Labute approximate surface area is 119 Å². The predicted molar refractivity (Wildman–Crippen MR) is 80.0 cm³/mol. The standard InChI is InChI=1S/C14H20N4O2/c1-4-10-16-12-6-5-7-13(14(12)18(19)20)17(3)11(2)8-9-15/h5-7,11,16H,4,8,10H2,1-3H3. The number of para-hydroxylation sites is 1. The minimum Gasteiger partial charge on any atom is -0.379 e. The Kier molecular flexibility index (Phi) is 5.78. The maximum atomic E-state index is 11.4. The number of hydrogen-bond acceptors (Lipinski definition) is 5. The first-order valence-electron chi connectivity index (χ1n) is 6.64. The van der Waals surface area contributed by atoms with Crippen molar-refractivity contribution in [2.45, 2.75) is 32.7 Å². The SMILES string of the molecule is CCCNc1cccc(N(C)C(C)CC#N)c1[N+](=O)[O-]. The number of nitro benzene ring substituents is 1. The molecule has 0 bridgehead atoms. The Morgan fingerprint density at radius 1 is 1.55 bits per heavy atom. The average Bonchev–Trinajstić information content (AvgIpc) is 2.43. The molecule has 0 aliphatic carbocycles. The summed E-state index contributed by atoms with van der Waals surface area (Å²) in [6, 6.07) is 7.21. The van der Waals surface area contributed by atoms with E-state index in [9.17, 15) is 10.1 Å². The minimum absolute atomic E-state index is 0.0632. The maximum absolute atomic E-state index is 11.4. The summed E-state index contributed by atoms with van der Waals surface area (Å²) in [7, 11) is 1.77. The number of nitrogens with zero attached hydrogens (tertiary/aromatic N) is 3. The number of nitrogens with one attached hydrogen (secondary N) is 1. The molecule has 6 nitrogen and oxygen atoms in total. The molecule has 1 aromatic rings. The molecular formula is C14H20N4O2. The van der Waals surface area contributed by atoms with Gasteiger partial charge in [0.1, 0.15) is 11.4 Å². The fraction of sp³-hybridized carbons (Fsp3) is 0.500. The molecule has 0 heterocycles. The van der Waals surface area contributed by atoms with Gasteiger partial charge < -0.3 is 10.2 Å². The molecule has 0 fully saturated rings. The van der Waals surface area contributed by atoms with E-state index < -0.39 is 0 Å². The van der Waals surface area contributed by atoms with E-state index in [1.54, 1.807) is 30.1 Å². The summed E-state index contributed by atoms with van der Waals surface area (Å²) in [6.45, 7) is 4.56. The number of hydrogen-bond donors (Lipinski definition) is 1. The van der Waals surface area contributed by atoms with Crippen molar-refractivity contribution in [1.82, 2.24) is 0 Å². The highest BCUT2D eigenvalue weighted by atomic mass is 16.6. The fourth-order valence-corrected chi connectivity index (χ4v) is 1.92. The summed E-state index contributed by atoms with van der Waals surface area (Å²) in [5.74, 6) is 0. The van der Waals surface area contributed by atoms with Crippen LogP contribution in [-0.4, -0.2) is 24.6 Å². The third-order valence-electron chi connectivity index (χ3n) is 3.19. The molecule has 1 unspecified atom stereocenters. The molecule has 6 heteroatoms. The Bertz CT molecular complexity index is 510. The van der Waals surface area contributed by atoms with Crippen LogP contribution in [-0.2, 0) is 0 Å². The molecule has 1 atom stereocenters. The van der Waals surface area contributed by atoms with Gasteiger partial charge in [-0.05, 0) is 25.5 Å². The van der Waals surface area contributed by atoms with Crippen LogP contribution in [0.5, 0.6) is 0 Å². The molecule has 0 saturated heterocycles. The highest BCUT2D eigenvalue weighted by molar-refractivity contribution is 5.77. The van der Waals surface area contributed by atoms with Crippen molar-refractivity contribution >= 4 is 17.1 Å². The molecule has 0 aliphatic heterocycles. The van der Waals surface area contributed by atoms with Crippen molar-refractivity contribution in [3.63, 3.8) is 0 Å². The van der Waals surface area contributed by atoms with E-state index in [0.29, 0.717) is 24.3 Å². The largest absolute Gasteiger partial charge is 0.379 e. The summed E-state index contributed by atoms with van der Waals surface area (Å²) >= 11 is 0. The molecule has 0 aromatic heterocycles. The van der Waals surface area contributed by atoms with Gasteiger partial charge >= 0.3 is 5.69 Å². The van der Waals surface area contributed by atoms with Gasteiger partial charge in [0.2, 0.25) is 0 Å². The fourth-order valence-electron chi connectivity index (χ4n) is 1.92. The van der Waals surface area contributed by atoms with Crippen molar-refractivity contribution < 1.29 is 4.92 Å². The van der Waals surface area contributed by atoms with Gasteiger partial charge in [-0.15, -0.1) is 0 Å². The monoisotopic (exact) mass is 276 g/mol. The minimum atomic E-state index is -0.372. The lowest BCUT2D eigenvalue weighted by molar-refractivity contribution is -0.383. The molecule has 1 aromatic carbocycles. The molecule has 1 N–H and O–H groups in total. The average molecular weight is 276 g/mol. The summed E-state index contributed by atoms with van der Waals surface area (Å²) < 4.78 is 0. The molecule has 0 radical (unpaired) electrons. The first kappa shape index (κ1) is 15.8. The number of anilines is 2. The van der Waals surface area contributed by atoms with Crippen LogP contribution in [0.1, 0.15) is 26.7 Å². The molecule has 0 amide bonds. The van der Waals surface area contributed by atoms with Crippen LogP contribution in [0.4, 0.5) is 17.1 Å². The second-order valence-corrected chi connectivity index (χ2v) is 4.68. The van der Waals surface area contributed by atoms with E-state index in [2.05, 4.69) is 11.4 Å². The zero-order chi connectivity index (χ0) is 15.1. The molecule has 108 valence electrons. The van der Waals surface area contributed by atoms with Crippen LogP contribution >= 0.6 is 0 Å². The van der Waals surface area contributed by atoms with Crippen LogP contribution < -0.4 is 10.2 Å². The zero-order valence-corrected chi connectivity index (χ0v) is 12.1. The van der Waals surface area contributed by atoms with Gasteiger partial charge in [-0.3, -0.25) is 10.1 Å². The van der Waals surface area contributed by atoms with E-state index in [1.165, 1.54) is 0 Å². The lowest BCUT2D eigenvalue weighted by atomic mass is 10.1. The van der Waals surface area contributed by atoms with Crippen LogP contribution in [0.3, 0.4) is 0 Å². The smallest absolute Gasteiger partial charge is 0.315 e. The van der Waals surface area contributed by atoms with Crippen LogP contribution in [0.25, 0.3) is 0 Å². The van der Waals surface area contributed by atoms with E-state index in [0.717, 1.165) is 6.42 Å². The van der Waals surface area contributed by atoms with Crippen molar-refractivity contribution in [3.05, 3.63) is 28.3 Å².